The van der Waals surface area contributed by atoms with Crippen LogP contribution in [0.3, 0.4) is 0 Å². The second kappa shape index (κ2) is 6.11. The molecule has 0 aromatic heterocycles. The van der Waals surface area contributed by atoms with Crippen molar-refractivity contribution in [2.24, 2.45) is 11.7 Å². The van der Waals surface area contributed by atoms with E-state index in [1.54, 1.807) is 0 Å². The molecule has 0 aliphatic rings. The van der Waals surface area contributed by atoms with Crippen molar-refractivity contribution in [3.05, 3.63) is 34.4 Å². The van der Waals surface area contributed by atoms with Crippen LogP contribution in [-0.4, -0.2) is 16.9 Å². The number of hydrogen-bond acceptors (Lipinski definition) is 5. The molecule has 2 N–H and O–H groups in total. The molecule has 0 amide bonds. The van der Waals surface area contributed by atoms with Gasteiger partial charge in [0.15, 0.2) is 0 Å². The van der Waals surface area contributed by atoms with Gasteiger partial charge < -0.3 is 10.5 Å². The number of hydrogen-bond donors (Lipinski definition) is 1. The van der Waals surface area contributed by atoms with Crippen molar-refractivity contribution in [2.45, 2.75) is 26.3 Å². The van der Waals surface area contributed by atoms with Crippen molar-refractivity contribution in [1.29, 1.82) is 0 Å². The molecule has 0 aliphatic heterocycles. The number of carbonyl (C=O) groups is 1. The van der Waals surface area contributed by atoms with Gasteiger partial charge in [0.25, 0.3) is 5.69 Å². The van der Waals surface area contributed by atoms with Crippen LogP contribution in [0.15, 0.2) is 24.3 Å². The summed E-state index contributed by atoms with van der Waals surface area (Å²) in [7, 11) is 0. The highest BCUT2D eigenvalue weighted by atomic mass is 16.6. The van der Waals surface area contributed by atoms with Gasteiger partial charge in [-0.15, -0.1) is 0 Å². The minimum absolute atomic E-state index is 0.0544. The highest BCUT2D eigenvalue weighted by Gasteiger charge is 2.17. The fourth-order valence-corrected chi connectivity index (χ4v) is 1.43. The molecule has 98 valence electrons. The molecule has 0 saturated carbocycles. The van der Waals surface area contributed by atoms with Gasteiger partial charge in [-0.05, 0) is 24.5 Å². The fraction of sp³-hybridized carbons (Fsp3) is 0.417. The largest absolute Gasteiger partial charge is 0.425 e. The Hall–Kier alpha value is -1.95. The molecular weight excluding hydrogens is 236 g/mol. The maximum absolute atomic E-state index is 11.6. The van der Waals surface area contributed by atoms with E-state index in [2.05, 4.69) is 0 Å². The molecule has 6 nitrogen and oxygen atoms in total. The lowest BCUT2D eigenvalue weighted by molar-refractivity contribution is -0.384. The third-order valence-corrected chi connectivity index (χ3v) is 2.29. The number of ether oxygens (including phenoxy) is 1. The lowest BCUT2D eigenvalue weighted by atomic mass is 10.1. The summed E-state index contributed by atoms with van der Waals surface area (Å²) in [5, 5.41) is 10.4. The maximum Gasteiger partial charge on any atom is 0.328 e. The van der Waals surface area contributed by atoms with Gasteiger partial charge in [-0.1, -0.05) is 13.8 Å². The predicted molar refractivity (Wildman–Crippen MR) is 66.2 cm³/mol. The van der Waals surface area contributed by atoms with Crippen molar-refractivity contribution in [3.8, 4) is 5.75 Å². The highest BCUT2D eigenvalue weighted by Crippen LogP contribution is 2.18. The van der Waals surface area contributed by atoms with Crippen LogP contribution in [0.25, 0.3) is 0 Å². The van der Waals surface area contributed by atoms with E-state index in [0.717, 1.165) is 0 Å². The molecule has 18 heavy (non-hydrogen) atoms. The number of non-ortho nitro benzene ring substituents is 1. The van der Waals surface area contributed by atoms with Crippen LogP contribution < -0.4 is 10.5 Å². The Morgan fingerprint density at radius 1 is 1.39 bits per heavy atom. The second-order valence-electron chi connectivity index (χ2n) is 4.41. The van der Waals surface area contributed by atoms with Crippen molar-refractivity contribution < 1.29 is 14.5 Å². The van der Waals surface area contributed by atoms with E-state index in [-0.39, 0.29) is 11.4 Å². The van der Waals surface area contributed by atoms with E-state index >= 15 is 0 Å². The molecular formula is C12H16N2O4. The fourth-order valence-electron chi connectivity index (χ4n) is 1.43. The molecule has 0 spiro atoms. The van der Waals surface area contributed by atoms with Crippen molar-refractivity contribution >= 4 is 11.7 Å². The van der Waals surface area contributed by atoms with Gasteiger partial charge in [0.05, 0.1) is 4.92 Å². The van der Waals surface area contributed by atoms with Gasteiger partial charge in [-0.25, -0.2) is 4.79 Å². The minimum atomic E-state index is -0.680. The Kier molecular flexibility index (Phi) is 4.79. The van der Waals surface area contributed by atoms with E-state index in [1.807, 2.05) is 13.8 Å². The zero-order valence-corrected chi connectivity index (χ0v) is 10.3. The standard InChI is InChI=1S/C12H16N2O4/c1-8(2)7-11(13)12(15)18-10-5-3-9(4-6-10)14(16)17/h3-6,8,11H,7,13H2,1-2H3. The molecule has 0 radical (unpaired) electrons. The van der Waals surface area contributed by atoms with Crippen LogP contribution in [0, 0.1) is 16.0 Å². The monoisotopic (exact) mass is 252 g/mol. The molecule has 1 aromatic carbocycles. The zero-order valence-electron chi connectivity index (χ0n) is 10.3. The second-order valence-corrected chi connectivity index (χ2v) is 4.41. The highest BCUT2D eigenvalue weighted by molar-refractivity contribution is 5.78. The maximum atomic E-state index is 11.6. The quantitative estimate of drug-likeness (QED) is 0.373. The zero-order chi connectivity index (χ0) is 13.7. The van der Waals surface area contributed by atoms with Crippen molar-refractivity contribution in [2.75, 3.05) is 0 Å². The van der Waals surface area contributed by atoms with Crippen LogP contribution in [0.1, 0.15) is 20.3 Å². The minimum Gasteiger partial charge on any atom is -0.425 e. The molecule has 1 unspecified atom stereocenters. The Balaban J connectivity index is 2.62. The average molecular weight is 252 g/mol. The van der Waals surface area contributed by atoms with Crippen molar-refractivity contribution in [1.82, 2.24) is 0 Å². The summed E-state index contributed by atoms with van der Waals surface area (Å²) in [5.41, 5.74) is 5.61. The summed E-state index contributed by atoms with van der Waals surface area (Å²) in [4.78, 5) is 21.5. The summed E-state index contributed by atoms with van der Waals surface area (Å²) < 4.78 is 5.03. The number of esters is 1. The van der Waals surface area contributed by atoms with Crippen molar-refractivity contribution in [3.63, 3.8) is 0 Å². The molecule has 0 saturated heterocycles. The summed E-state index contributed by atoms with van der Waals surface area (Å²) in [6, 6.07) is 4.61. The number of rotatable bonds is 5. The first kappa shape index (κ1) is 14.1. The van der Waals surface area contributed by atoms with Gasteiger partial charge in [0, 0.05) is 12.1 Å². The molecule has 0 aliphatic carbocycles. The molecule has 0 fully saturated rings. The van der Waals surface area contributed by atoms with Gasteiger partial charge in [0.1, 0.15) is 11.8 Å². The number of benzene rings is 1. The molecule has 1 rings (SSSR count). The molecule has 0 heterocycles. The molecule has 0 bridgehead atoms. The Morgan fingerprint density at radius 2 is 1.94 bits per heavy atom. The van der Waals surface area contributed by atoms with Gasteiger partial charge >= 0.3 is 5.97 Å². The average Bonchev–Trinajstić information content (AvgIpc) is 2.28. The lowest BCUT2D eigenvalue weighted by Gasteiger charge is -2.12. The van der Waals surface area contributed by atoms with Gasteiger partial charge in [0.2, 0.25) is 0 Å². The summed E-state index contributed by atoms with van der Waals surface area (Å²) in [5.74, 6) is 0.0202. The van der Waals surface area contributed by atoms with E-state index in [4.69, 9.17) is 10.5 Å². The van der Waals surface area contributed by atoms with E-state index in [0.29, 0.717) is 12.3 Å². The lowest BCUT2D eigenvalue weighted by Crippen LogP contribution is -2.35. The van der Waals surface area contributed by atoms with E-state index in [9.17, 15) is 14.9 Å². The molecule has 6 heteroatoms. The third-order valence-electron chi connectivity index (χ3n) is 2.29. The first-order valence-electron chi connectivity index (χ1n) is 5.62. The van der Waals surface area contributed by atoms with Gasteiger partial charge in [-0.2, -0.15) is 0 Å². The van der Waals surface area contributed by atoms with E-state index in [1.165, 1.54) is 24.3 Å². The summed E-state index contributed by atoms with van der Waals surface area (Å²) >= 11 is 0. The van der Waals surface area contributed by atoms with Crippen LogP contribution in [0.2, 0.25) is 0 Å². The Labute approximate surface area is 105 Å². The third kappa shape index (κ3) is 4.14. The van der Waals surface area contributed by atoms with Crippen LogP contribution in [-0.2, 0) is 4.79 Å². The van der Waals surface area contributed by atoms with E-state index < -0.39 is 16.9 Å². The van der Waals surface area contributed by atoms with Crippen LogP contribution in [0.5, 0.6) is 5.75 Å². The normalized spacial score (nSPS) is 12.2. The summed E-state index contributed by atoms with van der Waals surface area (Å²) in [6.45, 7) is 3.91. The number of nitro benzene ring substituents is 1. The first-order valence-corrected chi connectivity index (χ1v) is 5.62. The molecule has 1 aromatic rings. The van der Waals surface area contributed by atoms with Crippen LogP contribution >= 0.6 is 0 Å². The number of nitro groups is 1. The predicted octanol–water partition coefficient (Wildman–Crippen LogP) is 1.87. The Morgan fingerprint density at radius 3 is 2.39 bits per heavy atom. The SMILES string of the molecule is CC(C)CC(N)C(=O)Oc1ccc([N+](=O)[O-])cc1. The number of nitrogens with two attached hydrogens (primary N) is 1. The number of carbonyl (C=O) groups excluding carboxylic acids is 1. The van der Waals surface area contributed by atoms with Gasteiger partial charge in [-0.3, -0.25) is 10.1 Å². The smallest absolute Gasteiger partial charge is 0.328 e. The topological polar surface area (TPSA) is 95.5 Å². The number of nitrogens with zero attached hydrogens (tertiary/aromatic N) is 1. The molecule has 1 atom stereocenters. The Bertz CT molecular complexity index is 428. The first-order chi connectivity index (χ1) is 8.40. The van der Waals surface area contributed by atoms with Crippen LogP contribution in [0.4, 0.5) is 5.69 Å². The summed E-state index contributed by atoms with van der Waals surface area (Å²) in [6.07, 6.45) is 0.534.